The van der Waals surface area contributed by atoms with Crippen molar-refractivity contribution in [1.29, 1.82) is 0 Å². The van der Waals surface area contributed by atoms with E-state index in [-0.39, 0.29) is 18.1 Å². The molecular weight excluding hydrogens is 250 g/mol. The van der Waals surface area contributed by atoms with Gasteiger partial charge in [-0.2, -0.15) is 0 Å². The summed E-state index contributed by atoms with van der Waals surface area (Å²) in [6.45, 7) is 3.29. The van der Waals surface area contributed by atoms with E-state index in [0.29, 0.717) is 11.1 Å². The molecule has 0 aliphatic carbocycles. The molecule has 0 aliphatic rings. The average Bonchev–Trinajstić information content (AvgIpc) is 2.34. The summed E-state index contributed by atoms with van der Waals surface area (Å²) in [7, 11) is 0. The minimum absolute atomic E-state index is 0.0604. The van der Waals surface area contributed by atoms with Crippen LogP contribution in [0.15, 0.2) is 18.2 Å². The van der Waals surface area contributed by atoms with Gasteiger partial charge in [-0.3, -0.25) is 14.9 Å². The molecule has 1 aromatic rings. The average molecular weight is 267 g/mol. The van der Waals surface area contributed by atoms with Crippen LogP contribution in [0, 0.1) is 17.0 Å². The van der Waals surface area contributed by atoms with Gasteiger partial charge >= 0.3 is 0 Å². The summed E-state index contributed by atoms with van der Waals surface area (Å²) >= 11 is 0. The fourth-order valence-corrected chi connectivity index (χ4v) is 1.49. The summed E-state index contributed by atoms with van der Waals surface area (Å²) in [5, 5.41) is 22.4. The van der Waals surface area contributed by atoms with Gasteiger partial charge in [-0.05, 0) is 25.5 Å². The Morgan fingerprint density at radius 3 is 2.68 bits per heavy atom. The number of nitrogens with two attached hydrogens (primary N) is 1. The first-order valence-electron chi connectivity index (χ1n) is 5.79. The van der Waals surface area contributed by atoms with Crippen LogP contribution in [0.25, 0.3) is 0 Å². The molecule has 0 aliphatic heterocycles. The largest absolute Gasteiger partial charge is 0.392 e. The van der Waals surface area contributed by atoms with Crippen molar-refractivity contribution in [2.45, 2.75) is 26.0 Å². The van der Waals surface area contributed by atoms with Gasteiger partial charge in [-0.1, -0.05) is 0 Å². The lowest BCUT2D eigenvalue weighted by Crippen LogP contribution is -2.43. The van der Waals surface area contributed by atoms with Crippen molar-refractivity contribution in [3.8, 4) is 0 Å². The van der Waals surface area contributed by atoms with Gasteiger partial charge in [-0.15, -0.1) is 0 Å². The first kappa shape index (κ1) is 15.1. The van der Waals surface area contributed by atoms with Crippen molar-refractivity contribution < 1.29 is 14.8 Å². The fourth-order valence-electron chi connectivity index (χ4n) is 1.49. The molecule has 104 valence electrons. The number of rotatable bonds is 5. The molecule has 7 heteroatoms. The molecule has 0 radical (unpaired) electrons. The number of hydrogen-bond donors (Lipinski definition) is 3. The molecule has 0 aromatic heterocycles. The zero-order valence-corrected chi connectivity index (χ0v) is 10.8. The summed E-state index contributed by atoms with van der Waals surface area (Å²) in [5.74, 6) is -0.372. The number of aliphatic hydroxyl groups excluding tert-OH is 1. The van der Waals surface area contributed by atoms with Crippen molar-refractivity contribution in [2.24, 2.45) is 5.73 Å². The summed E-state index contributed by atoms with van der Waals surface area (Å²) in [6, 6.07) is 3.46. The van der Waals surface area contributed by atoms with Crippen LogP contribution in [-0.4, -0.2) is 34.6 Å². The molecule has 0 saturated heterocycles. The van der Waals surface area contributed by atoms with Crippen LogP contribution in [0.5, 0.6) is 0 Å². The summed E-state index contributed by atoms with van der Waals surface area (Å²) in [6.07, 6.45) is -0.724. The molecule has 0 saturated carbocycles. The van der Waals surface area contributed by atoms with Gasteiger partial charge in [0.05, 0.1) is 11.0 Å². The third-order valence-electron chi connectivity index (χ3n) is 2.78. The number of amides is 1. The van der Waals surface area contributed by atoms with E-state index in [4.69, 9.17) is 5.73 Å². The molecular formula is C12H17N3O4. The minimum Gasteiger partial charge on any atom is -0.392 e. The van der Waals surface area contributed by atoms with Crippen molar-refractivity contribution in [2.75, 3.05) is 6.54 Å². The highest BCUT2D eigenvalue weighted by Gasteiger charge is 2.15. The van der Waals surface area contributed by atoms with Gasteiger partial charge < -0.3 is 16.2 Å². The van der Waals surface area contributed by atoms with Crippen LogP contribution in [0.3, 0.4) is 0 Å². The molecule has 2 atom stereocenters. The Morgan fingerprint density at radius 2 is 2.21 bits per heavy atom. The molecule has 7 nitrogen and oxygen atoms in total. The van der Waals surface area contributed by atoms with Gasteiger partial charge in [0.15, 0.2) is 0 Å². The maximum atomic E-state index is 11.9. The number of aliphatic hydroxyl groups is 1. The highest BCUT2D eigenvalue weighted by atomic mass is 16.6. The van der Waals surface area contributed by atoms with E-state index in [9.17, 15) is 20.0 Å². The van der Waals surface area contributed by atoms with Crippen LogP contribution >= 0.6 is 0 Å². The van der Waals surface area contributed by atoms with Crippen LogP contribution in [0.2, 0.25) is 0 Å². The van der Waals surface area contributed by atoms with E-state index in [2.05, 4.69) is 5.32 Å². The minimum atomic E-state index is -0.724. The normalized spacial score (nSPS) is 13.7. The number of carbonyl (C=O) groups excluding carboxylic acids is 1. The number of nitro groups is 1. The van der Waals surface area contributed by atoms with Gasteiger partial charge in [0.25, 0.3) is 11.6 Å². The Balaban J connectivity index is 2.75. The van der Waals surface area contributed by atoms with Gasteiger partial charge in [-0.25, -0.2) is 0 Å². The molecule has 0 fully saturated rings. The Labute approximate surface area is 110 Å². The van der Waals surface area contributed by atoms with E-state index >= 15 is 0 Å². The van der Waals surface area contributed by atoms with Crippen molar-refractivity contribution in [3.05, 3.63) is 39.4 Å². The Kier molecular flexibility index (Phi) is 4.96. The highest BCUT2D eigenvalue weighted by molar-refractivity contribution is 5.95. The summed E-state index contributed by atoms with van der Waals surface area (Å²) < 4.78 is 0. The van der Waals surface area contributed by atoms with E-state index < -0.39 is 17.1 Å². The highest BCUT2D eigenvalue weighted by Crippen LogP contribution is 2.16. The number of nitrogens with zero attached hydrogens (tertiary/aromatic N) is 1. The third kappa shape index (κ3) is 4.01. The fraction of sp³-hybridized carbons (Fsp3) is 0.417. The van der Waals surface area contributed by atoms with E-state index in [1.807, 2.05) is 0 Å². The lowest BCUT2D eigenvalue weighted by atomic mass is 10.1. The second kappa shape index (κ2) is 6.26. The predicted molar refractivity (Wildman–Crippen MR) is 69.8 cm³/mol. The van der Waals surface area contributed by atoms with E-state index in [1.54, 1.807) is 6.92 Å². The first-order chi connectivity index (χ1) is 8.82. The number of hydrogen-bond acceptors (Lipinski definition) is 5. The van der Waals surface area contributed by atoms with Gasteiger partial charge in [0, 0.05) is 30.3 Å². The predicted octanol–water partition coefficient (Wildman–Crippen LogP) is 0.341. The maximum Gasteiger partial charge on any atom is 0.269 e. The monoisotopic (exact) mass is 267 g/mol. The lowest BCUT2D eigenvalue weighted by molar-refractivity contribution is -0.384. The molecule has 0 spiro atoms. The lowest BCUT2D eigenvalue weighted by Gasteiger charge is -2.15. The van der Waals surface area contributed by atoms with Crippen LogP contribution in [0.4, 0.5) is 5.69 Å². The molecule has 1 amide bonds. The number of benzene rings is 1. The zero-order valence-electron chi connectivity index (χ0n) is 10.8. The van der Waals surface area contributed by atoms with Gasteiger partial charge in [0.2, 0.25) is 0 Å². The van der Waals surface area contributed by atoms with Crippen LogP contribution < -0.4 is 11.1 Å². The zero-order chi connectivity index (χ0) is 14.6. The van der Waals surface area contributed by atoms with E-state index in [0.717, 1.165) is 0 Å². The van der Waals surface area contributed by atoms with E-state index in [1.165, 1.54) is 25.1 Å². The summed E-state index contributed by atoms with van der Waals surface area (Å²) in [5.41, 5.74) is 6.39. The van der Waals surface area contributed by atoms with Crippen LogP contribution in [-0.2, 0) is 0 Å². The number of nitrogens with one attached hydrogen (secondary N) is 1. The number of non-ortho nitro benzene ring substituents is 1. The smallest absolute Gasteiger partial charge is 0.269 e. The third-order valence-corrected chi connectivity index (χ3v) is 2.78. The molecule has 2 unspecified atom stereocenters. The SMILES string of the molecule is Cc1cc([N+](=O)[O-])ccc1C(=O)NCC(N)C(C)O. The van der Waals surface area contributed by atoms with Crippen molar-refractivity contribution in [3.63, 3.8) is 0 Å². The molecule has 1 aromatic carbocycles. The first-order valence-corrected chi connectivity index (χ1v) is 5.79. The number of nitro benzene ring substituents is 1. The Morgan fingerprint density at radius 1 is 1.58 bits per heavy atom. The summed E-state index contributed by atoms with van der Waals surface area (Å²) in [4.78, 5) is 21.9. The molecule has 0 bridgehead atoms. The van der Waals surface area contributed by atoms with Crippen molar-refractivity contribution >= 4 is 11.6 Å². The van der Waals surface area contributed by atoms with Crippen molar-refractivity contribution in [1.82, 2.24) is 5.32 Å². The van der Waals surface area contributed by atoms with Crippen LogP contribution in [0.1, 0.15) is 22.8 Å². The van der Waals surface area contributed by atoms with Gasteiger partial charge in [0.1, 0.15) is 0 Å². The number of carbonyl (C=O) groups is 1. The quantitative estimate of drug-likeness (QED) is 0.525. The second-order valence-corrected chi connectivity index (χ2v) is 4.37. The number of aryl methyl sites for hydroxylation is 1. The molecule has 19 heavy (non-hydrogen) atoms. The Bertz CT molecular complexity index is 488. The second-order valence-electron chi connectivity index (χ2n) is 4.37. The molecule has 4 N–H and O–H groups in total. The topological polar surface area (TPSA) is 118 Å². The Hall–Kier alpha value is -1.99. The molecule has 0 heterocycles. The standard InChI is InChI=1S/C12H17N3O4/c1-7-5-9(15(18)19)3-4-10(7)12(17)14-6-11(13)8(2)16/h3-5,8,11,16H,6,13H2,1-2H3,(H,14,17). The molecule has 1 rings (SSSR count). The maximum absolute atomic E-state index is 11.9.